The van der Waals surface area contributed by atoms with E-state index in [1.54, 1.807) is 17.5 Å². The molecule has 1 aromatic carbocycles. The number of rotatable bonds is 6. The monoisotopic (exact) mass is 338 g/mol. The van der Waals surface area contributed by atoms with Crippen molar-refractivity contribution in [2.45, 2.75) is 13.5 Å². The molecule has 3 rings (SSSR count). The van der Waals surface area contributed by atoms with Crippen molar-refractivity contribution in [1.29, 1.82) is 0 Å². The van der Waals surface area contributed by atoms with Crippen molar-refractivity contribution in [2.75, 3.05) is 6.61 Å². The van der Waals surface area contributed by atoms with E-state index in [4.69, 9.17) is 4.74 Å². The molecule has 0 unspecified atom stereocenters. The highest BCUT2D eigenvalue weighted by molar-refractivity contribution is 7.08. The summed E-state index contributed by atoms with van der Waals surface area (Å²) in [5.74, 6) is 0.544. The van der Waals surface area contributed by atoms with E-state index in [2.05, 4.69) is 15.7 Å². The van der Waals surface area contributed by atoms with Gasteiger partial charge in [0.15, 0.2) is 6.61 Å². The largest absolute Gasteiger partial charge is 0.484 e. The molecule has 1 N–H and O–H groups in total. The van der Waals surface area contributed by atoms with Crippen LogP contribution in [0, 0.1) is 6.92 Å². The number of aryl methyl sites for hydroxylation is 1. The summed E-state index contributed by atoms with van der Waals surface area (Å²) >= 11 is 1.63. The maximum Gasteiger partial charge on any atom is 0.258 e. The summed E-state index contributed by atoms with van der Waals surface area (Å²) in [7, 11) is 0. The van der Waals surface area contributed by atoms with E-state index in [0.29, 0.717) is 12.3 Å². The molecule has 0 spiro atoms. The summed E-state index contributed by atoms with van der Waals surface area (Å²) in [5.41, 5.74) is 4.06. The molecule has 0 saturated carbocycles. The maximum atomic E-state index is 12.0. The van der Waals surface area contributed by atoms with Gasteiger partial charge in [-0.05, 0) is 47.7 Å². The SMILES string of the molecule is Cc1cccc(OCC(=O)NCc2cccnc2-c2ccsc2)c1. The van der Waals surface area contributed by atoms with Crippen LogP contribution in [0.4, 0.5) is 0 Å². The number of thiophene rings is 1. The Morgan fingerprint density at radius 3 is 2.96 bits per heavy atom. The topological polar surface area (TPSA) is 51.2 Å². The molecule has 0 aliphatic rings. The molecule has 0 aliphatic heterocycles. The Kier molecular flexibility index (Phi) is 5.23. The summed E-state index contributed by atoms with van der Waals surface area (Å²) < 4.78 is 5.51. The molecule has 0 aliphatic carbocycles. The normalized spacial score (nSPS) is 10.4. The van der Waals surface area contributed by atoms with Crippen LogP contribution in [-0.4, -0.2) is 17.5 Å². The van der Waals surface area contributed by atoms with E-state index in [1.165, 1.54) is 0 Å². The number of benzene rings is 1. The Balaban J connectivity index is 1.57. The number of nitrogens with zero attached hydrogens (tertiary/aromatic N) is 1. The molecule has 0 saturated heterocycles. The molecule has 5 heteroatoms. The van der Waals surface area contributed by atoms with Crippen LogP contribution in [0.1, 0.15) is 11.1 Å². The summed E-state index contributed by atoms with van der Waals surface area (Å²) in [6.07, 6.45) is 1.76. The highest BCUT2D eigenvalue weighted by atomic mass is 32.1. The molecule has 3 aromatic rings. The molecular formula is C19H18N2O2S. The first-order valence-electron chi connectivity index (χ1n) is 7.65. The van der Waals surface area contributed by atoms with Crippen LogP contribution < -0.4 is 10.1 Å². The standard InChI is InChI=1S/C19H18N2O2S/c1-14-4-2-6-17(10-14)23-12-18(22)21-11-15-5-3-8-20-19(15)16-7-9-24-13-16/h2-10,13H,11-12H2,1H3,(H,21,22). The lowest BCUT2D eigenvalue weighted by Crippen LogP contribution is -2.28. The number of hydrogen-bond acceptors (Lipinski definition) is 4. The zero-order valence-electron chi connectivity index (χ0n) is 13.4. The second-order valence-corrected chi connectivity index (χ2v) is 6.19. The molecule has 1 amide bonds. The predicted molar refractivity (Wildman–Crippen MR) is 96.1 cm³/mol. The van der Waals surface area contributed by atoms with E-state index >= 15 is 0 Å². The summed E-state index contributed by atoms with van der Waals surface area (Å²) in [5, 5.41) is 6.95. The van der Waals surface area contributed by atoms with Crippen LogP contribution in [0.2, 0.25) is 0 Å². The minimum absolute atomic E-state index is 0.00248. The van der Waals surface area contributed by atoms with Gasteiger partial charge in [-0.15, -0.1) is 0 Å². The van der Waals surface area contributed by atoms with Gasteiger partial charge in [-0.3, -0.25) is 9.78 Å². The van der Waals surface area contributed by atoms with Gasteiger partial charge in [0.05, 0.1) is 5.69 Å². The van der Waals surface area contributed by atoms with Gasteiger partial charge in [-0.1, -0.05) is 18.2 Å². The fourth-order valence-corrected chi connectivity index (χ4v) is 2.98. The highest BCUT2D eigenvalue weighted by Crippen LogP contribution is 2.23. The quantitative estimate of drug-likeness (QED) is 0.743. The number of pyridine rings is 1. The van der Waals surface area contributed by atoms with Gasteiger partial charge in [0.25, 0.3) is 5.91 Å². The van der Waals surface area contributed by atoms with Crippen molar-refractivity contribution in [1.82, 2.24) is 10.3 Å². The molecule has 0 atom stereocenters. The van der Waals surface area contributed by atoms with Gasteiger partial charge >= 0.3 is 0 Å². The number of nitrogens with one attached hydrogen (secondary N) is 1. The van der Waals surface area contributed by atoms with E-state index in [9.17, 15) is 4.79 Å². The average Bonchev–Trinajstić information content (AvgIpc) is 3.13. The summed E-state index contributed by atoms with van der Waals surface area (Å²) in [6.45, 7) is 2.41. The van der Waals surface area contributed by atoms with Crippen molar-refractivity contribution in [3.8, 4) is 17.0 Å². The Hall–Kier alpha value is -2.66. The second kappa shape index (κ2) is 7.75. The van der Waals surface area contributed by atoms with Crippen molar-refractivity contribution in [2.24, 2.45) is 0 Å². The number of ether oxygens (including phenoxy) is 1. The smallest absolute Gasteiger partial charge is 0.258 e. The van der Waals surface area contributed by atoms with Crippen LogP contribution in [0.3, 0.4) is 0 Å². The Morgan fingerprint density at radius 2 is 2.17 bits per heavy atom. The molecule has 2 aromatic heterocycles. The number of hydrogen-bond donors (Lipinski definition) is 1. The summed E-state index contributed by atoms with van der Waals surface area (Å²) in [4.78, 5) is 16.4. The average molecular weight is 338 g/mol. The minimum atomic E-state index is -0.156. The number of aromatic nitrogens is 1. The van der Waals surface area contributed by atoms with Gasteiger partial charge in [-0.2, -0.15) is 11.3 Å². The molecule has 122 valence electrons. The zero-order valence-corrected chi connectivity index (χ0v) is 14.2. The van der Waals surface area contributed by atoms with Crippen LogP contribution in [0.25, 0.3) is 11.3 Å². The Bertz CT molecular complexity index is 816. The third-order valence-electron chi connectivity index (χ3n) is 3.52. The van der Waals surface area contributed by atoms with Gasteiger partial charge in [0, 0.05) is 23.7 Å². The van der Waals surface area contributed by atoms with Crippen molar-refractivity contribution in [3.05, 3.63) is 70.5 Å². The van der Waals surface area contributed by atoms with Gasteiger partial charge in [0.2, 0.25) is 0 Å². The van der Waals surface area contributed by atoms with E-state index in [0.717, 1.165) is 22.4 Å². The van der Waals surface area contributed by atoms with Gasteiger partial charge in [-0.25, -0.2) is 0 Å². The van der Waals surface area contributed by atoms with E-state index < -0.39 is 0 Å². The lowest BCUT2D eigenvalue weighted by molar-refractivity contribution is -0.123. The lowest BCUT2D eigenvalue weighted by atomic mass is 10.1. The van der Waals surface area contributed by atoms with Gasteiger partial charge in [0.1, 0.15) is 5.75 Å². The molecule has 24 heavy (non-hydrogen) atoms. The number of carbonyl (C=O) groups excluding carboxylic acids is 1. The lowest BCUT2D eigenvalue weighted by Gasteiger charge is -2.10. The first kappa shape index (κ1) is 16.2. The number of amides is 1. The van der Waals surface area contributed by atoms with Crippen molar-refractivity contribution in [3.63, 3.8) is 0 Å². The van der Waals surface area contributed by atoms with E-state index in [1.807, 2.05) is 54.8 Å². The minimum Gasteiger partial charge on any atom is -0.484 e. The first-order chi connectivity index (χ1) is 11.7. The number of carbonyl (C=O) groups is 1. The molecule has 0 bridgehead atoms. The fourth-order valence-electron chi connectivity index (χ4n) is 2.34. The fraction of sp³-hybridized carbons (Fsp3) is 0.158. The summed E-state index contributed by atoms with van der Waals surface area (Å²) in [6, 6.07) is 13.5. The van der Waals surface area contributed by atoms with E-state index in [-0.39, 0.29) is 12.5 Å². The molecule has 4 nitrogen and oxygen atoms in total. The third kappa shape index (κ3) is 4.20. The zero-order chi connectivity index (χ0) is 16.8. The van der Waals surface area contributed by atoms with Crippen LogP contribution >= 0.6 is 11.3 Å². The molecular weight excluding hydrogens is 320 g/mol. The van der Waals surface area contributed by atoms with Crippen LogP contribution in [-0.2, 0) is 11.3 Å². The van der Waals surface area contributed by atoms with Crippen LogP contribution in [0.5, 0.6) is 5.75 Å². The molecule has 2 heterocycles. The molecule has 0 radical (unpaired) electrons. The Morgan fingerprint density at radius 1 is 1.25 bits per heavy atom. The highest BCUT2D eigenvalue weighted by Gasteiger charge is 2.09. The Labute approximate surface area is 145 Å². The molecule has 0 fully saturated rings. The van der Waals surface area contributed by atoms with Gasteiger partial charge < -0.3 is 10.1 Å². The van der Waals surface area contributed by atoms with Crippen molar-refractivity contribution >= 4 is 17.2 Å². The second-order valence-electron chi connectivity index (χ2n) is 5.41. The van der Waals surface area contributed by atoms with Crippen molar-refractivity contribution < 1.29 is 9.53 Å². The first-order valence-corrected chi connectivity index (χ1v) is 8.59. The third-order valence-corrected chi connectivity index (χ3v) is 4.20. The van der Waals surface area contributed by atoms with Crippen LogP contribution in [0.15, 0.2) is 59.4 Å². The maximum absolute atomic E-state index is 12.0. The predicted octanol–water partition coefficient (Wildman–Crippen LogP) is 3.81.